The van der Waals surface area contributed by atoms with Crippen LogP contribution in [0.1, 0.15) is 26.7 Å². The van der Waals surface area contributed by atoms with E-state index in [1.165, 1.54) is 13.4 Å². The van der Waals surface area contributed by atoms with Crippen molar-refractivity contribution in [1.82, 2.24) is 10.2 Å². The van der Waals surface area contributed by atoms with Gasteiger partial charge in [0.2, 0.25) is 0 Å². The summed E-state index contributed by atoms with van der Waals surface area (Å²) < 4.78 is 27.0. The number of likely N-dealkylation sites (N-methyl/N-ethyl adjacent to an activating group) is 1. The molecular formula is C13H28N2O4S. The number of esters is 1. The molecule has 0 aliphatic heterocycles. The van der Waals surface area contributed by atoms with Crippen LogP contribution < -0.4 is 5.32 Å². The zero-order valence-corrected chi connectivity index (χ0v) is 14.0. The molecule has 0 aliphatic rings. The molecule has 0 aromatic heterocycles. The molecular weight excluding hydrogens is 280 g/mol. The Morgan fingerprint density at radius 3 is 2.40 bits per heavy atom. The monoisotopic (exact) mass is 308 g/mol. The van der Waals surface area contributed by atoms with Crippen molar-refractivity contribution in [2.75, 3.05) is 45.8 Å². The summed E-state index contributed by atoms with van der Waals surface area (Å²) in [6.45, 7) is 5.72. The van der Waals surface area contributed by atoms with Crippen LogP contribution in [-0.2, 0) is 19.4 Å². The van der Waals surface area contributed by atoms with Gasteiger partial charge in [-0.05, 0) is 39.9 Å². The number of nitrogens with one attached hydrogen (secondary N) is 1. The summed E-state index contributed by atoms with van der Waals surface area (Å²) in [6.07, 6.45) is 2.68. The van der Waals surface area contributed by atoms with E-state index < -0.39 is 15.4 Å². The standard InChI is InChI=1S/C13H28N2O4S/c1-6-14-13(2,12(16)19-4)8-7-9-15(3)10-11-20(5,17)18/h14H,6-11H2,1-5H3. The fourth-order valence-electron chi connectivity index (χ4n) is 2.01. The van der Waals surface area contributed by atoms with Crippen LogP contribution in [-0.4, -0.2) is 70.6 Å². The van der Waals surface area contributed by atoms with Gasteiger partial charge in [0, 0.05) is 12.8 Å². The number of hydrogen-bond acceptors (Lipinski definition) is 6. The molecule has 0 radical (unpaired) electrons. The molecule has 20 heavy (non-hydrogen) atoms. The van der Waals surface area contributed by atoms with Gasteiger partial charge < -0.3 is 15.0 Å². The van der Waals surface area contributed by atoms with Crippen molar-refractivity contribution in [1.29, 1.82) is 0 Å². The van der Waals surface area contributed by atoms with Gasteiger partial charge in [0.1, 0.15) is 15.4 Å². The molecule has 0 aromatic carbocycles. The van der Waals surface area contributed by atoms with Gasteiger partial charge in [-0.1, -0.05) is 6.92 Å². The Morgan fingerprint density at radius 2 is 1.95 bits per heavy atom. The molecule has 0 amide bonds. The molecule has 0 fully saturated rings. The summed E-state index contributed by atoms with van der Waals surface area (Å²) in [5.74, 6) is -0.108. The quantitative estimate of drug-likeness (QED) is 0.584. The Hall–Kier alpha value is -0.660. The Morgan fingerprint density at radius 1 is 1.35 bits per heavy atom. The predicted octanol–water partition coefficient (Wildman–Crippen LogP) is 0.284. The van der Waals surface area contributed by atoms with Crippen LogP contribution in [0.2, 0.25) is 0 Å². The molecule has 0 saturated heterocycles. The smallest absolute Gasteiger partial charge is 0.325 e. The molecule has 0 aromatic rings. The van der Waals surface area contributed by atoms with Crippen LogP contribution in [0.5, 0.6) is 0 Å². The number of sulfone groups is 1. The van der Waals surface area contributed by atoms with E-state index in [2.05, 4.69) is 5.32 Å². The number of nitrogens with zero attached hydrogens (tertiary/aromatic N) is 1. The minimum atomic E-state index is -2.93. The minimum absolute atomic E-state index is 0.158. The molecule has 6 nitrogen and oxygen atoms in total. The highest BCUT2D eigenvalue weighted by Gasteiger charge is 2.32. The average Bonchev–Trinajstić information content (AvgIpc) is 2.34. The lowest BCUT2D eigenvalue weighted by atomic mass is 9.95. The zero-order valence-electron chi connectivity index (χ0n) is 13.2. The first-order valence-electron chi connectivity index (χ1n) is 6.84. The number of carbonyl (C=O) groups is 1. The molecule has 0 saturated carbocycles. The second-order valence-electron chi connectivity index (χ2n) is 5.39. The highest BCUT2D eigenvalue weighted by Crippen LogP contribution is 2.14. The van der Waals surface area contributed by atoms with E-state index in [9.17, 15) is 13.2 Å². The van der Waals surface area contributed by atoms with E-state index in [1.54, 1.807) is 0 Å². The van der Waals surface area contributed by atoms with Gasteiger partial charge >= 0.3 is 5.97 Å². The number of methoxy groups -OCH3 is 1. The lowest BCUT2D eigenvalue weighted by Gasteiger charge is -2.28. The Bertz CT molecular complexity index is 397. The first-order valence-corrected chi connectivity index (χ1v) is 8.90. The zero-order chi connectivity index (χ0) is 15.8. The van der Waals surface area contributed by atoms with Crippen LogP contribution in [0, 0.1) is 0 Å². The number of rotatable bonds is 10. The van der Waals surface area contributed by atoms with Crippen molar-refractivity contribution in [3.05, 3.63) is 0 Å². The van der Waals surface area contributed by atoms with Gasteiger partial charge in [-0.15, -0.1) is 0 Å². The van der Waals surface area contributed by atoms with E-state index in [1.807, 2.05) is 25.8 Å². The van der Waals surface area contributed by atoms with Crippen LogP contribution in [0.4, 0.5) is 0 Å². The van der Waals surface area contributed by atoms with Gasteiger partial charge in [-0.25, -0.2) is 8.42 Å². The second-order valence-corrected chi connectivity index (χ2v) is 7.65. The van der Waals surface area contributed by atoms with Gasteiger partial charge in [0.05, 0.1) is 12.9 Å². The van der Waals surface area contributed by atoms with Crippen molar-refractivity contribution in [2.45, 2.75) is 32.2 Å². The van der Waals surface area contributed by atoms with Crippen molar-refractivity contribution in [3.63, 3.8) is 0 Å². The fraction of sp³-hybridized carbons (Fsp3) is 0.923. The Kier molecular flexibility index (Phi) is 8.30. The maximum absolute atomic E-state index is 11.8. The van der Waals surface area contributed by atoms with Crippen LogP contribution in [0.3, 0.4) is 0 Å². The second kappa shape index (κ2) is 8.59. The van der Waals surface area contributed by atoms with Gasteiger partial charge in [0.25, 0.3) is 0 Å². The number of carbonyl (C=O) groups excluding carboxylic acids is 1. The fourth-order valence-corrected chi connectivity index (χ4v) is 2.66. The molecule has 1 N–H and O–H groups in total. The first kappa shape index (κ1) is 19.3. The van der Waals surface area contributed by atoms with Crippen LogP contribution in [0.15, 0.2) is 0 Å². The van der Waals surface area contributed by atoms with E-state index in [-0.39, 0.29) is 11.7 Å². The summed E-state index contributed by atoms with van der Waals surface area (Å²) in [5.41, 5.74) is -0.679. The number of ether oxygens (including phenoxy) is 1. The summed E-state index contributed by atoms with van der Waals surface area (Å²) in [4.78, 5) is 13.7. The Labute approximate surface area is 122 Å². The van der Waals surface area contributed by atoms with E-state index in [4.69, 9.17) is 4.74 Å². The average molecular weight is 308 g/mol. The van der Waals surface area contributed by atoms with Gasteiger partial charge in [0.15, 0.2) is 0 Å². The lowest BCUT2D eigenvalue weighted by molar-refractivity contribution is -0.148. The first-order chi connectivity index (χ1) is 9.14. The number of hydrogen-bond donors (Lipinski definition) is 1. The van der Waals surface area contributed by atoms with Gasteiger partial charge in [-0.3, -0.25) is 4.79 Å². The van der Waals surface area contributed by atoms with E-state index in [0.29, 0.717) is 19.5 Å². The molecule has 120 valence electrons. The van der Waals surface area contributed by atoms with Crippen LogP contribution in [0.25, 0.3) is 0 Å². The third-order valence-electron chi connectivity index (χ3n) is 3.26. The highest BCUT2D eigenvalue weighted by atomic mass is 32.2. The summed E-state index contributed by atoms with van der Waals surface area (Å²) in [7, 11) is 0.341. The maximum Gasteiger partial charge on any atom is 0.325 e. The molecule has 0 spiro atoms. The van der Waals surface area contributed by atoms with Crippen molar-refractivity contribution >= 4 is 15.8 Å². The predicted molar refractivity (Wildman–Crippen MR) is 80.5 cm³/mol. The molecule has 0 rings (SSSR count). The van der Waals surface area contributed by atoms with Crippen molar-refractivity contribution in [3.8, 4) is 0 Å². The Balaban J connectivity index is 4.21. The SMILES string of the molecule is CCNC(C)(CCCN(C)CCS(C)(=O)=O)C(=O)OC. The summed E-state index contributed by atoms with van der Waals surface area (Å²) in [6, 6.07) is 0. The van der Waals surface area contributed by atoms with Gasteiger partial charge in [-0.2, -0.15) is 0 Å². The highest BCUT2D eigenvalue weighted by molar-refractivity contribution is 7.90. The molecule has 0 aliphatic carbocycles. The normalized spacial score (nSPS) is 15.1. The summed E-state index contributed by atoms with van der Waals surface area (Å²) >= 11 is 0. The van der Waals surface area contributed by atoms with E-state index in [0.717, 1.165) is 13.0 Å². The molecule has 0 heterocycles. The maximum atomic E-state index is 11.8. The largest absolute Gasteiger partial charge is 0.468 e. The molecule has 7 heteroatoms. The van der Waals surface area contributed by atoms with Crippen molar-refractivity contribution in [2.24, 2.45) is 0 Å². The molecule has 1 unspecified atom stereocenters. The third-order valence-corrected chi connectivity index (χ3v) is 4.19. The van der Waals surface area contributed by atoms with Crippen LogP contribution >= 0.6 is 0 Å². The minimum Gasteiger partial charge on any atom is -0.468 e. The molecule has 0 bridgehead atoms. The topological polar surface area (TPSA) is 75.7 Å². The molecule has 1 atom stereocenters. The lowest BCUT2D eigenvalue weighted by Crippen LogP contribution is -2.50. The summed E-state index contributed by atoms with van der Waals surface area (Å²) in [5, 5.41) is 3.15. The third kappa shape index (κ3) is 7.81. The van der Waals surface area contributed by atoms with E-state index >= 15 is 0 Å². The van der Waals surface area contributed by atoms with Crippen molar-refractivity contribution < 1.29 is 17.9 Å².